The van der Waals surface area contributed by atoms with E-state index in [0.717, 1.165) is 23.4 Å². The van der Waals surface area contributed by atoms with Gasteiger partial charge in [-0.15, -0.1) is 11.3 Å². The number of fused-ring (bicyclic) bond motifs is 1. The highest BCUT2D eigenvalue weighted by Crippen LogP contribution is 2.50. The van der Waals surface area contributed by atoms with Crippen molar-refractivity contribution in [3.05, 3.63) is 58.4 Å². The maximum absolute atomic E-state index is 5.07. The number of nitrogens with zero attached hydrogens (tertiary/aromatic N) is 3. The highest BCUT2D eigenvalue weighted by molar-refractivity contribution is 7.13. The summed E-state index contributed by atoms with van der Waals surface area (Å²) in [5.74, 6) is 1.51. The van der Waals surface area contributed by atoms with Gasteiger partial charge in [-0.05, 0) is 79.4 Å². The Bertz CT molecular complexity index is 1110. The molecule has 148 valence electrons. The standard InChI is InChI=1S/C24H26N4S/c1-3-22(29-10-1)20-5-4-18-6-7-24(13-21(18)27-20,23-14-25-16-26-23)19-11-17(12-19)15-28-8-2-9-28/h1,3-6,10,13-14,16-17,19H,2,7-9,11-12,15H2,(H,25,26). The molecule has 1 atom stereocenters. The maximum Gasteiger partial charge on any atom is 0.0922 e. The fourth-order valence-electron chi connectivity index (χ4n) is 5.35. The van der Waals surface area contributed by atoms with Gasteiger partial charge in [-0.1, -0.05) is 18.2 Å². The van der Waals surface area contributed by atoms with Crippen LogP contribution < -0.4 is 10.6 Å². The number of H-pyrrole nitrogens is 1. The lowest BCUT2D eigenvalue weighted by Gasteiger charge is -2.49. The monoisotopic (exact) mass is 402 g/mol. The van der Waals surface area contributed by atoms with E-state index in [0.29, 0.717) is 5.92 Å². The van der Waals surface area contributed by atoms with E-state index in [4.69, 9.17) is 4.98 Å². The second-order valence-electron chi connectivity index (χ2n) is 8.90. The van der Waals surface area contributed by atoms with Crippen LogP contribution in [0.1, 0.15) is 31.4 Å². The summed E-state index contributed by atoms with van der Waals surface area (Å²) in [6, 6.07) is 8.64. The summed E-state index contributed by atoms with van der Waals surface area (Å²) in [4.78, 5) is 16.7. The molecule has 29 heavy (non-hydrogen) atoms. The van der Waals surface area contributed by atoms with Crippen LogP contribution >= 0.6 is 11.3 Å². The zero-order valence-electron chi connectivity index (χ0n) is 16.6. The van der Waals surface area contributed by atoms with E-state index in [1.807, 2.05) is 12.5 Å². The third-order valence-electron chi connectivity index (χ3n) is 7.21. The molecule has 3 aromatic rings. The quantitative estimate of drug-likeness (QED) is 0.713. The van der Waals surface area contributed by atoms with Crippen LogP contribution in [-0.2, 0) is 5.41 Å². The summed E-state index contributed by atoms with van der Waals surface area (Å²) in [7, 11) is 0. The molecule has 0 radical (unpaired) electrons. The molecule has 2 aliphatic carbocycles. The number of nitrogens with one attached hydrogen (secondary N) is 1. The summed E-state index contributed by atoms with van der Waals surface area (Å²) in [6.45, 7) is 3.89. The summed E-state index contributed by atoms with van der Waals surface area (Å²) in [5, 5.41) is 4.51. The number of hydrogen-bond acceptors (Lipinski definition) is 4. The molecule has 0 aromatic carbocycles. The van der Waals surface area contributed by atoms with Gasteiger partial charge in [0.05, 0.1) is 22.2 Å². The second-order valence-corrected chi connectivity index (χ2v) is 9.84. The Hall–Kier alpha value is -2.24. The van der Waals surface area contributed by atoms with Crippen LogP contribution in [0, 0.1) is 11.8 Å². The van der Waals surface area contributed by atoms with E-state index >= 15 is 0 Å². The topological polar surface area (TPSA) is 44.8 Å². The van der Waals surface area contributed by atoms with Crippen molar-refractivity contribution in [3.8, 4) is 10.6 Å². The van der Waals surface area contributed by atoms with Gasteiger partial charge in [-0.3, -0.25) is 0 Å². The lowest BCUT2D eigenvalue weighted by atomic mass is 9.57. The van der Waals surface area contributed by atoms with Gasteiger partial charge in [0.1, 0.15) is 0 Å². The van der Waals surface area contributed by atoms with Gasteiger partial charge in [0.2, 0.25) is 0 Å². The lowest BCUT2D eigenvalue weighted by molar-refractivity contribution is 0.0628. The smallest absolute Gasteiger partial charge is 0.0922 e. The molecular formula is C24H26N4S. The number of thiophene rings is 1. The summed E-state index contributed by atoms with van der Waals surface area (Å²) >= 11 is 1.75. The highest BCUT2D eigenvalue weighted by Gasteiger charge is 2.47. The molecule has 0 bridgehead atoms. The first-order valence-electron chi connectivity index (χ1n) is 10.8. The van der Waals surface area contributed by atoms with Crippen LogP contribution in [0.15, 0.2) is 42.2 Å². The van der Waals surface area contributed by atoms with Crippen molar-refractivity contribution in [3.63, 3.8) is 0 Å². The summed E-state index contributed by atoms with van der Waals surface area (Å²) in [6.07, 6.45) is 13.7. The minimum Gasteiger partial charge on any atom is -0.348 e. The first kappa shape index (κ1) is 17.6. The Kier molecular flexibility index (Phi) is 4.20. The van der Waals surface area contributed by atoms with Crippen LogP contribution in [0.4, 0.5) is 0 Å². The minimum atomic E-state index is -0.00395. The number of imidazole rings is 1. The van der Waals surface area contributed by atoms with E-state index in [1.54, 1.807) is 11.3 Å². The van der Waals surface area contributed by atoms with Gasteiger partial charge in [0.15, 0.2) is 0 Å². The van der Waals surface area contributed by atoms with Crippen molar-refractivity contribution < 1.29 is 0 Å². The third kappa shape index (κ3) is 2.99. The largest absolute Gasteiger partial charge is 0.348 e. The van der Waals surface area contributed by atoms with E-state index in [2.05, 4.69) is 56.7 Å². The lowest BCUT2D eigenvalue weighted by Crippen LogP contribution is -2.50. The average Bonchev–Trinajstić information content (AvgIpc) is 3.38. The summed E-state index contributed by atoms with van der Waals surface area (Å²) in [5.41, 5.74) is 2.32. The number of hydrogen-bond donors (Lipinski definition) is 1. The zero-order chi connectivity index (χ0) is 19.3. The predicted octanol–water partition coefficient (Wildman–Crippen LogP) is 3.17. The maximum atomic E-state index is 5.07. The molecular weight excluding hydrogens is 376 g/mol. The number of likely N-dealkylation sites (tertiary alicyclic amines) is 1. The molecule has 3 aliphatic rings. The molecule has 0 amide bonds. The van der Waals surface area contributed by atoms with Crippen molar-refractivity contribution in [1.29, 1.82) is 0 Å². The van der Waals surface area contributed by atoms with Gasteiger partial charge in [-0.25, -0.2) is 9.97 Å². The normalized spacial score (nSPS) is 28.6. The van der Waals surface area contributed by atoms with Crippen LogP contribution in [0.3, 0.4) is 0 Å². The number of rotatable bonds is 5. The van der Waals surface area contributed by atoms with Gasteiger partial charge < -0.3 is 9.88 Å². The fourth-order valence-corrected chi connectivity index (χ4v) is 6.05. The van der Waals surface area contributed by atoms with Crippen molar-refractivity contribution in [2.24, 2.45) is 11.8 Å². The number of pyridine rings is 1. The molecule has 1 saturated carbocycles. The Morgan fingerprint density at radius 1 is 1.21 bits per heavy atom. The first-order valence-corrected chi connectivity index (χ1v) is 11.6. The van der Waals surface area contributed by atoms with E-state index in [1.165, 1.54) is 54.7 Å². The fraction of sp³-hybridized carbons (Fsp3) is 0.417. The molecule has 1 unspecified atom stereocenters. The van der Waals surface area contributed by atoms with Gasteiger partial charge in [0.25, 0.3) is 0 Å². The van der Waals surface area contributed by atoms with Gasteiger partial charge in [-0.2, -0.15) is 0 Å². The number of aromatic nitrogens is 3. The Morgan fingerprint density at radius 3 is 2.86 bits per heavy atom. The van der Waals surface area contributed by atoms with Gasteiger partial charge in [0, 0.05) is 23.9 Å². The Balaban J connectivity index is 1.36. The van der Waals surface area contributed by atoms with Crippen LogP contribution in [-0.4, -0.2) is 39.5 Å². The van der Waals surface area contributed by atoms with E-state index in [9.17, 15) is 0 Å². The molecule has 5 heteroatoms. The zero-order valence-corrected chi connectivity index (χ0v) is 17.4. The molecule has 1 N–H and O–H groups in total. The molecule has 4 nitrogen and oxygen atoms in total. The third-order valence-corrected chi connectivity index (χ3v) is 8.11. The first-order chi connectivity index (χ1) is 14.3. The Labute approximate surface area is 175 Å². The van der Waals surface area contributed by atoms with Crippen molar-refractivity contribution in [1.82, 2.24) is 19.9 Å². The molecule has 6 rings (SSSR count). The molecule has 1 aliphatic heterocycles. The Morgan fingerprint density at radius 2 is 2.14 bits per heavy atom. The van der Waals surface area contributed by atoms with Crippen LogP contribution in [0.25, 0.3) is 22.7 Å². The van der Waals surface area contributed by atoms with Gasteiger partial charge >= 0.3 is 0 Å². The predicted molar refractivity (Wildman–Crippen MR) is 118 cm³/mol. The van der Waals surface area contributed by atoms with Crippen molar-refractivity contribution in [2.45, 2.75) is 31.1 Å². The van der Waals surface area contributed by atoms with E-state index in [-0.39, 0.29) is 5.41 Å². The highest BCUT2D eigenvalue weighted by atomic mass is 32.1. The summed E-state index contributed by atoms with van der Waals surface area (Å²) < 4.78 is 0. The van der Waals surface area contributed by atoms with Crippen LogP contribution in [0.5, 0.6) is 0 Å². The molecule has 2 fully saturated rings. The minimum absolute atomic E-state index is 0.00395. The second kappa shape index (κ2) is 6.92. The molecule has 0 spiro atoms. The van der Waals surface area contributed by atoms with Crippen LogP contribution in [0.2, 0.25) is 0 Å². The van der Waals surface area contributed by atoms with Crippen molar-refractivity contribution >= 4 is 23.5 Å². The number of aromatic amines is 1. The average molecular weight is 403 g/mol. The molecule has 1 saturated heterocycles. The molecule has 3 aromatic heterocycles. The van der Waals surface area contributed by atoms with Crippen molar-refractivity contribution in [2.75, 3.05) is 19.6 Å². The van der Waals surface area contributed by atoms with E-state index < -0.39 is 0 Å². The molecule has 4 heterocycles. The SMILES string of the molecule is C1=c2ccc(-c3cccs3)nc2=CC(c2cnc[nH]2)(C2CC(CN3CCC3)C2)C1.